The van der Waals surface area contributed by atoms with Crippen molar-refractivity contribution in [3.8, 4) is 0 Å². The Bertz CT molecular complexity index is 330. The Kier molecular flexibility index (Phi) is 2.29. The van der Waals surface area contributed by atoms with Crippen LogP contribution in [0, 0.1) is 10.1 Å². The van der Waals surface area contributed by atoms with Crippen LogP contribution in [0.4, 0.5) is 0 Å². The maximum absolute atomic E-state index is 11.1. The van der Waals surface area contributed by atoms with Crippen molar-refractivity contribution in [3.05, 3.63) is 10.1 Å². The molecule has 2 rings (SSSR count). The second-order valence-electron chi connectivity index (χ2n) is 3.86. The van der Waals surface area contributed by atoms with Gasteiger partial charge in [0, 0.05) is 11.3 Å². The Hall–Kier alpha value is -1.66. The first-order chi connectivity index (χ1) is 7.09. The summed E-state index contributed by atoms with van der Waals surface area (Å²) >= 11 is 0. The monoisotopic (exact) mass is 213 g/mol. The van der Waals surface area contributed by atoms with Gasteiger partial charge in [-0.3, -0.25) is 19.7 Å². The predicted octanol–water partition coefficient (Wildman–Crippen LogP) is -1.20. The molecule has 1 aliphatic heterocycles. The molecule has 1 saturated heterocycles. The summed E-state index contributed by atoms with van der Waals surface area (Å²) in [6.07, 6.45) is 1.83. The zero-order chi connectivity index (χ0) is 11.0. The number of piperazine rings is 1. The second-order valence-corrected chi connectivity index (χ2v) is 3.86. The van der Waals surface area contributed by atoms with E-state index in [-0.39, 0.29) is 11.0 Å². The van der Waals surface area contributed by atoms with E-state index in [0.29, 0.717) is 19.3 Å². The summed E-state index contributed by atoms with van der Waals surface area (Å²) in [7, 11) is 0. The summed E-state index contributed by atoms with van der Waals surface area (Å²) in [5.74, 6) is -1.47. The van der Waals surface area contributed by atoms with E-state index in [4.69, 9.17) is 0 Å². The van der Waals surface area contributed by atoms with Crippen LogP contribution < -0.4 is 10.6 Å². The summed E-state index contributed by atoms with van der Waals surface area (Å²) in [5.41, 5.74) is 0. The summed E-state index contributed by atoms with van der Waals surface area (Å²) in [5, 5.41) is 15.6. The standard InChI is InChI=1S/C8H11N3O4/c12-7-8(13)10-6-4(9-7)2-1-3-5(6)11(14)15/h4-6H,1-3H2,(H,9,12)(H,10,13). The Morgan fingerprint density at radius 3 is 2.53 bits per heavy atom. The highest BCUT2D eigenvalue weighted by Gasteiger charge is 2.46. The zero-order valence-corrected chi connectivity index (χ0v) is 7.93. The van der Waals surface area contributed by atoms with E-state index in [1.807, 2.05) is 0 Å². The number of carbonyl (C=O) groups excluding carboxylic acids is 2. The van der Waals surface area contributed by atoms with Crippen molar-refractivity contribution in [2.75, 3.05) is 0 Å². The minimum Gasteiger partial charge on any atom is -0.343 e. The average Bonchev–Trinajstić information content (AvgIpc) is 2.18. The lowest BCUT2D eigenvalue weighted by atomic mass is 9.85. The highest BCUT2D eigenvalue weighted by Crippen LogP contribution is 2.23. The maximum Gasteiger partial charge on any atom is 0.309 e. The molecule has 0 radical (unpaired) electrons. The third-order valence-electron chi connectivity index (χ3n) is 2.95. The lowest BCUT2D eigenvalue weighted by Crippen LogP contribution is -2.67. The number of nitro groups is 1. The first-order valence-corrected chi connectivity index (χ1v) is 4.84. The third kappa shape index (κ3) is 1.64. The average molecular weight is 213 g/mol. The normalized spacial score (nSPS) is 35.1. The van der Waals surface area contributed by atoms with Crippen molar-refractivity contribution in [3.63, 3.8) is 0 Å². The van der Waals surface area contributed by atoms with Crippen LogP contribution in [0.15, 0.2) is 0 Å². The molecular weight excluding hydrogens is 202 g/mol. The van der Waals surface area contributed by atoms with Gasteiger partial charge in [0.2, 0.25) is 6.04 Å². The van der Waals surface area contributed by atoms with Crippen molar-refractivity contribution < 1.29 is 14.5 Å². The summed E-state index contributed by atoms with van der Waals surface area (Å²) in [6, 6.07) is -1.63. The molecule has 2 aliphatic rings. The van der Waals surface area contributed by atoms with Crippen LogP contribution in [-0.4, -0.2) is 34.9 Å². The molecule has 0 bridgehead atoms. The molecule has 0 aromatic rings. The predicted molar refractivity (Wildman–Crippen MR) is 48.5 cm³/mol. The molecule has 15 heavy (non-hydrogen) atoms. The number of fused-ring (bicyclic) bond motifs is 1. The number of amides is 2. The second kappa shape index (κ2) is 3.48. The number of rotatable bonds is 1. The van der Waals surface area contributed by atoms with Gasteiger partial charge in [0.15, 0.2) is 0 Å². The van der Waals surface area contributed by atoms with Gasteiger partial charge in [-0.05, 0) is 12.8 Å². The lowest BCUT2D eigenvalue weighted by Gasteiger charge is -2.37. The van der Waals surface area contributed by atoms with Crippen molar-refractivity contribution >= 4 is 11.8 Å². The molecule has 2 fully saturated rings. The third-order valence-corrected chi connectivity index (χ3v) is 2.95. The van der Waals surface area contributed by atoms with Crippen molar-refractivity contribution in [1.82, 2.24) is 10.6 Å². The first kappa shape index (κ1) is 9.88. The first-order valence-electron chi connectivity index (χ1n) is 4.84. The molecule has 1 aliphatic carbocycles. The van der Waals surface area contributed by atoms with E-state index in [2.05, 4.69) is 10.6 Å². The molecule has 3 unspecified atom stereocenters. The molecule has 7 heteroatoms. The Balaban J connectivity index is 2.17. The molecule has 82 valence electrons. The highest BCUT2D eigenvalue weighted by molar-refractivity contribution is 6.35. The molecular formula is C8H11N3O4. The molecule has 3 atom stereocenters. The van der Waals surface area contributed by atoms with Gasteiger partial charge in [-0.1, -0.05) is 0 Å². The molecule has 0 aromatic carbocycles. The quantitative estimate of drug-likeness (QED) is 0.324. The zero-order valence-electron chi connectivity index (χ0n) is 7.93. The largest absolute Gasteiger partial charge is 0.343 e. The maximum atomic E-state index is 11.1. The molecule has 1 saturated carbocycles. The van der Waals surface area contributed by atoms with Gasteiger partial charge in [0.1, 0.15) is 6.04 Å². The van der Waals surface area contributed by atoms with Crippen molar-refractivity contribution in [2.24, 2.45) is 0 Å². The van der Waals surface area contributed by atoms with Crippen LogP contribution in [0.25, 0.3) is 0 Å². The fourth-order valence-corrected chi connectivity index (χ4v) is 2.22. The van der Waals surface area contributed by atoms with E-state index in [1.165, 1.54) is 0 Å². The van der Waals surface area contributed by atoms with Gasteiger partial charge >= 0.3 is 11.8 Å². The molecule has 7 nitrogen and oxygen atoms in total. The van der Waals surface area contributed by atoms with E-state index >= 15 is 0 Å². The molecule has 2 amide bonds. The fraction of sp³-hybridized carbons (Fsp3) is 0.750. The number of nitrogens with one attached hydrogen (secondary N) is 2. The molecule has 2 N–H and O–H groups in total. The Morgan fingerprint density at radius 2 is 1.87 bits per heavy atom. The number of carbonyl (C=O) groups is 2. The van der Waals surface area contributed by atoms with Crippen molar-refractivity contribution in [2.45, 2.75) is 37.4 Å². The topological polar surface area (TPSA) is 101 Å². The van der Waals surface area contributed by atoms with Crippen molar-refractivity contribution in [1.29, 1.82) is 0 Å². The summed E-state index contributed by atoms with van der Waals surface area (Å²) < 4.78 is 0. The van der Waals surface area contributed by atoms with E-state index in [1.54, 1.807) is 0 Å². The fourth-order valence-electron chi connectivity index (χ4n) is 2.22. The minimum atomic E-state index is -0.784. The minimum absolute atomic E-state index is 0.292. The number of nitrogens with zero attached hydrogens (tertiary/aromatic N) is 1. The number of hydrogen-bond donors (Lipinski definition) is 2. The highest BCUT2D eigenvalue weighted by atomic mass is 16.6. The SMILES string of the molecule is O=C1NC2CCCC([N+](=O)[O-])C2NC1=O. The number of hydrogen-bond acceptors (Lipinski definition) is 4. The van der Waals surface area contributed by atoms with E-state index < -0.39 is 23.9 Å². The van der Waals surface area contributed by atoms with Crippen LogP contribution in [0.5, 0.6) is 0 Å². The van der Waals surface area contributed by atoms with Crippen LogP contribution >= 0.6 is 0 Å². The smallest absolute Gasteiger partial charge is 0.309 e. The molecule has 0 spiro atoms. The summed E-state index contributed by atoms with van der Waals surface area (Å²) in [6.45, 7) is 0. The Labute approximate surface area is 85.4 Å². The van der Waals surface area contributed by atoms with Crippen LogP contribution in [0.2, 0.25) is 0 Å². The molecule has 1 heterocycles. The Morgan fingerprint density at radius 1 is 1.20 bits per heavy atom. The summed E-state index contributed by atoms with van der Waals surface area (Å²) in [4.78, 5) is 32.5. The van der Waals surface area contributed by atoms with Gasteiger partial charge in [0.25, 0.3) is 0 Å². The van der Waals surface area contributed by atoms with Gasteiger partial charge in [-0.15, -0.1) is 0 Å². The van der Waals surface area contributed by atoms with Crippen LogP contribution in [0.3, 0.4) is 0 Å². The lowest BCUT2D eigenvalue weighted by molar-refractivity contribution is -0.530. The van der Waals surface area contributed by atoms with Crippen LogP contribution in [-0.2, 0) is 9.59 Å². The molecule has 0 aromatic heterocycles. The van der Waals surface area contributed by atoms with E-state index in [9.17, 15) is 19.7 Å². The van der Waals surface area contributed by atoms with Gasteiger partial charge < -0.3 is 10.6 Å². The van der Waals surface area contributed by atoms with Crippen LogP contribution in [0.1, 0.15) is 19.3 Å². The van der Waals surface area contributed by atoms with Gasteiger partial charge in [-0.25, -0.2) is 0 Å². The van der Waals surface area contributed by atoms with Gasteiger partial charge in [-0.2, -0.15) is 0 Å². The van der Waals surface area contributed by atoms with Gasteiger partial charge in [0.05, 0.1) is 6.04 Å². The van der Waals surface area contributed by atoms with E-state index in [0.717, 1.165) is 0 Å².